The minimum atomic E-state index is 0.228. The van der Waals surface area contributed by atoms with E-state index in [0.29, 0.717) is 18.6 Å². The van der Waals surface area contributed by atoms with Crippen LogP contribution in [0.25, 0.3) is 0 Å². The summed E-state index contributed by atoms with van der Waals surface area (Å²) in [6.45, 7) is 5.06. The number of ketones is 1. The highest BCUT2D eigenvalue weighted by atomic mass is 16.1. The van der Waals surface area contributed by atoms with Crippen LogP contribution >= 0.6 is 0 Å². The van der Waals surface area contributed by atoms with E-state index in [4.69, 9.17) is 0 Å². The first-order valence-corrected chi connectivity index (χ1v) is 5.49. The van der Waals surface area contributed by atoms with Gasteiger partial charge in [0.15, 0.2) is 0 Å². The maximum atomic E-state index is 11.4. The first kappa shape index (κ1) is 10.4. The van der Waals surface area contributed by atoms with Gasteiger partial charge in [0.2, 0.25) is 0 Å². The van der Waals surface area contributed by atoms with Crippen molar-refractivity contribution in [2.24, 2.45) is 0 Å². The highest BCUT2D eigenvalue weighted by Crippen LogP contribution is 2.25. The third kappa shape index (κ3) is 2.10. The zero-order chi connectivity index (χ0) is 10.8. The molecule has 0 saturated carbocycles. The maximum Gasteiger partial charge on any atom is 0.136 e. The zero-order valence-corrected chi connectivity index (χ0v) is 9.34. The highest BCUT2D eigenvalue weighted by Gasteiger charge is 2.21. The quantitative estimate of drug-likeness (QED) is 0.758. The van der Waals surface area contributed by atoms with Gasteiger partial charge in [0.1, 0.15) is 5.78 Å². The molecule has 0 bridgehead atoms. The van der Waals surface area contributed by atoms with Crippen LogP contribution in [0.4, 0.5) is 0 Å². The topological polar surface area (TPSA) is 29.1 Å². The molecule has 1 aromatic rings. The van der Waals surface area contributed by atoms with Gasteiger partial charge in [-0.1, -0.05) is 18.2 Å². The van der Waals surface area contributed by atoms with Crippen molar-refractivity contribution in [3.8, 4) is 0 Å². The maximum absolute atomic E-state index is 11.4. The number of rotatable bonds is 1. The standard InChI is InChI=1S/C13H17NO/c1-9-4-3-5-12(10(9)2)13-8-11(15)6-7-14-13/h3-5,13-14H,6-8H2,1-2H3. The lowest BCUT2D eigenvalue weighted by atomic mass is 9.91. The molecule has 0 radical (unpaired) electrons. The fourth-order valence-electron chi connectivity index (χ4n) is 2.16. The van der Waals surface area contributed by atoms with Crippen molar-refractivity contribution in [1.29, 1.82) is 0 Å². The van der Waals surface area contributed by atoms with Crippen molar-refractivity contribution in [2.75, 3.05) is 6.54 Å². The number of carbonyl (C=O) groups excluding carboxylic acids is 1. The van der Waals surface area contributed by atoms with Gasteiger partial charge < -0.3 is 5.32 Å². The number of hydrogen-bond acceptors (Lipinski definition) is 2. The van der Waals surface area contributed by atoms with E-state index in [1.807, 2.05) is 0 Å². The van der Waals surface area contributed by atoms with Gasteiger partial charge in [0, 0.05) is 25.4 Å². The van der Waals surface area contributed by atoms with Gasteiger partial charge in [-0.3, -0.25) is 4.79 Å². The molecule has 1 fully saturated rings. The number of carbonyl (C=O) groups is 1. The number of piperidine rings is 1. The molecule has 2 rings (SSSR count). The summed E-state index contributed by atoms with van der Waals surface area (Å²) in [6.07, 6.45) is 1.33. The Kier molecular flexibility index (Phi) is 2.87. The molecule has 1 heterocycles. The molecule has 1 aromatic carbocycles. The van der Waals surface area contributed by atoms with E-state index in [9.17, 15) is 4.79 Å². The van der Waals surface area contributed by atoms with Crippen LogP contribution in [0.3, 0.4) is 0 Å². The van der Waals surface area contributed by atoms with Crippen molar-refractivity contribution in [3.05, 3.63) is 34.9 Å². The van der Waals surface area contributed by atoms with Crippen molar-refractivity contribution < 1.29 is 4.79 Å². The van der Waals surface area contributed by atoms with Crippen LogP contribution in [0.5, 0.6) is 0 Å². The molecule has 1 saturated heterocycles. The van der Waals surface area contributed by atoms with Crippen LogP contribution < -0.4 is 5.32 Å². The summed E-state index contributed by atoms with van der Waals surface area (Å²) in [5, 5.41) is 3.41. The minimum Gasteiger partial charge on any atom is -0.309 e. The van der Waals surface area contributed by atoms with E-state index in [2.05, 4.69) is 37.4 Å². The Morgan fingerprint density at radius 1 is 1.33 bits per heavy atom. The van der Waals surface area contributed by atoms with Crippen LogP contribution in [0.15, 0.2) is 18.2 Å². The van der Waals surface area contributed by atoms with E-state index < -0.39 is 0 Å². The summed E-state index contributed by atoms with van der Waals surface area (Å²) in [5.41, 5.74) is 3.89. The molecule has 2 heteroatoms. The van der Waals surface area contributed by atoms with Gasteiger partial charge in [-0.2, -0.15) is 0 Å². The molecule has 0 aliphatic carbocycles. The summed E-state index contributed by atoms with van der Waals surface area (Å²) in [4.78, 5) is 11.4. The van der Waals surface area contributed by atoms with Gasteiger partial charge >= 0.3 is 0 Å². The van der Waals surface area contributed by atoms with Gasteiger partial charge in [0.25, 0.3) is 0 Å². The monoisotopic (exact) mass is 203 g/mol. The molecule has 2 nitrogen and oxygen atoms in total. The molecule has 0 aromatic heterocycles. The fourth-order valence-corrected chi connectivity index (χ4v) is 2.16. The van der Waals surface area contributed by atoms with Crippen LogP contribution in [0.1, 0.15) is 35.6 Å². The number of nitrogens with one attached hydrogen (secondary N) is 1. The summed E-state index contributed by atoms with van der Waals surface area (Å²) in [7, 11) is 0. The number of benzene rings is 1. The first-order valence-electron chi connectivity index (χ1n) is 5.49. The number of aryl methyl sites for hydroxylation is 1. The Morgan fingerprint density at radius 2 is 2.13 bits per heavy atom. The van der Waals surface area contributed by atoms with Gasteiger partial charge in [-0.15, -0.1) is 0 Å². The van der Waals surface area contributed by atoms with Gasteiger partial charge in [-0.25, -0.2) is 0 Å². The third-order valence-corrected chi connectivity index (χ3v) is 3.25. The third-order valence-electron chi connectivity index (χ3n) is 3.25. The Hall–Kier alpha value is -1.15. The summed E-state index contributed by atoms with van der Waals surface area (Å²) < 4.78 is 0. The van der Waals surface area contributed by atoms with E-state index in [1.165, 1.54) is 16.7 Å². The SMILES string of the molecule is Cc1cccc(C2CC(=O)CCN2)c1C. The second kappa shape index (κ2) is 4.15. The Morgan fingerprint density at radius 3 is 2.87 bits per heavy atom. The van der Waals surface area contributed by atoms with Crippen LogP contribution in [0, 0.1) is 13.8 Å². The number of hydrogen-bond donors (Lipinski definition) is 1. The molecule has 0 amide bonds. The second-order valence-electron chi connectivity index (χ2n) is 4.29. The Balaban J connectivity index is 2.28. The molecule has 1 aliphatic heterocycles. The molecule has 0 spiro atoms. The van der Waals surface area contributed by atoms with Crippen molar-refractivity contribution in [2.45, 2.75) is 32.7 Å². The summed E-state index contributed by atoms with van der Waals surface area (Å²) in [5.74, 6) is 0.375. The average molecular weight is 203 g/mol. The molecule has 15 heavy (non-hydrogen) atoms. The molecule has 1 atom stereocenters. The lowest BCUT2D eigenvalue weighted by molar-refractivity contribution is -0.120. The van der Waals surface area contributed by atoms with Crippen LogP contribution in [0.2, 0.25) is 0 Å². The average Bonchev–Trinajstić information content (AvgIpc) is 2.22. The predicted molar refractivity (Wildman–Crippen MR) is 60.9 cm³/mol. The fraction of sp³-hybridized carbons (Fsp3) is 0.462. The van der Waals surface area contributed by atoms with E-state index in [0.717, 1.165) is 6.54 Å². The largest absolute Gasteiger partial charge is 0.309 e. The zero-order valence-electron chi connectivity index (χ0n) is 9.34. The molecule has 1 N–H and O–H groups in total. The summed E-state index contributed by atoms with van der Waals surface area (Å²) in [6, 6.07) is 6.53. The van der Waals surface area contributed by atoms with Crippen molar-refractivity contribution in [3.63, 3.8) is 0 Å². The first-order chi connectivity index (χ1) is 7.18. The Bertz CT molecular complexity index is 384. The molecule has 1 unspecified atom stereocenters. The molecule has 80 valence electrons. The van der Waals surface area contributed by atoms with E-state index in [1.54, 1.807) is 0 Å². The smallest absolute Gasteiger partial charge is 0.136 e. The lowest BCUT2D eigenvalue weighted by Crippen LogP contribution is -2.32. The molecule has 1 aliphatic rings. The second-order valence-corrected chi connectivity index (χ2v) is 4.29. The minimum absolute atomic E-state index is 0.228. The summed E-state index contributed by atoms with van der Waals surface area (Å²) >= 11 is 0. The van der Waals surface area contributed by atoms with Crippen molar-refractivity contribution in [1.82, 2.24) is 5.32 Å². The van der Waals surface area contributed by atoms with Crippen LogP contribution in [-0.4, -0.2) is 12.3 Å². The normalized spacial score (nSPS) is 21.7. The predicted octanol–water partition coefficient (Wildman–Crippen LogP) is 2.30. The van der Waals surface area contributed by atoms with Gasteiger partial charge in [0.05, 0.1) is 0 Å². The van der Waals surface area contributed by atoms with E-state index >= 15 is 0 Å². The van der Waals surface area contributed by atoms with Crippen LogP contribution in [-0.2, 0) is 4.79 Å². The van der Waals surface area contributed by atoms with Gasteiger partial charge in [-0.05, 0) is 30.5 Å². The lowest BCUT2D eigenvalue weighted by Gasteiger charge is -2.25. The Labute approximate surface area is 90.7 Å². The highest BCUT2D eigenvalue weighted by molar-refractivity contribution is 5.80. The molecular weight excluding hydrogens is 186 g/mol. The molecular formula is C13H17NO. The van der Waals surface area contributed by atoms with Crippen molar-refractivity contribution >= 4 is 5.78 Å². The number of Topliss-reactive ketones (excluding diaryl/α,β-unsaturated/α-hetero) is 1. The van der Waals surface area contributed by atoms with E-state index in [-0.39, 0.29) is 6.04 Å².